The van der Waals surface area contributed by atoms with E-state index in [0.29, 0.717) is 6.54 Å². The fourth-order valence-corrected chi connectivity index (χ4v) is 3.36. The minimum absolute atomic E-state index is 0.204. The minimum atomic E-state index is 0.204. The van der Waals surface area contributed by atoms with E-state index in [-0.39, 0.29) is 11.8 Å². The molecule has 1 N–H and O–H groups in total. The number of carbonyl (C=O) groups excluding carboxylic acids is 1. The summed E-state index contributed by atoms with van der Waals surface area (Å²) in [5.41, 5.74) is 2.13. The smallest absolute Gasteiger partial charge is 0.223 e. The van der Waals surface area contributed by atoms with Gasteiger partial charge in [-0.15, -0.1) is 11.3 Å². The molecule has 0 aliphatic heterocycles. The standard InChI is InChI=1S/C16H17ClN2OS/c1-10-14(8-9-18-15(20)11-2-3-11)21-16(19-10)12-4-6-13(17)7-5-12/h4-7,11H,2-3,8-9H2,1H3,(H,18,20). The monoisotopic (exact) mass is 320 g/mol. The maximum absolute atomic E-state index is 11.6. The zero-order chi connectivity index (χ0) is 14.8. The summed E-state index contributed by atoms with van der Waals surface area (Å²) < 4.78 is 0. The highest BCUT2D eigenvalue weighted by atomic mass is 35.5. The van der Waals surface area contributed by atoms with Gasteiger partial charge in [-0.05, 0) is 31.9 Å². The summed E-state index contributed by atoms with van der Waals surface area (Å²) in [5.74, 6) is 0.479. The third-order valence-corrected chi connectivity index (χ3v) is 5.10. The first kappa shape index (κ1) is 14.5. The van der Waals surface area contributed by atoms with Gasteiger partial charge < -0.3 is 5.32 Å². The van der Waals surface area contributed by atoms with Gasteiger partial charge >= 0.3 is 0 Å². The molecule has 0 atom stereocenters. The van der Waals surface area contributed by atoms with Crippen LogP contribution in [-0.2, 0) is 11.2 Å². The van der Waals surface area contributed by atoms with E-state index in [1.807, 2.05) is 31.2 Å². The maximum atomic E-state index is 11.6. The lowest BCUT2D eigenvalue weighted by atomic mass is 10.2. The lowest BCUT2D eigenvalue weighted by molar-refractivity contribution is -0.122. The molecule has 0 radical (unpaired) electrons. The Morgan fingerprint density at radius 1 is 1.38 bits per heavy atom. The molecule has 0 saturated heterocycles. The Balaban J connectivity index is 1.63. The molecule has 110 valence electrons. The van der Waals surface area contributed by atoms with Gasteiger partial charge in [-0.3, -0.25) is 4.79 Å². The molecule has 1 aromatic carbocycles. The summed E-state index contributed by atoms with van der Waals surface area (Å²) in [6.45, 7) is 2.71. The number of rotatable bonds is 5. The van der Waals surface area contributed by atoms with Crippen LogP contribution < -0.4 is 5.32 Å². The second kappa shape index (κ2) is 6.16. The molecule has 3 nitrogen and oxygen atoms in total. The average molecular weight is 321 g/mol. The first-order valence-corrected chi connectivity index (χ1v) is 8.33. The van der Waals surface area contributed by atoms with E-state index in [1.54, 1.807) is 11.3 Å². The Hall–Kier alpha value is -1.39. The van der Waals surface area contributed by atoms with Gasteiger partial charge in [0.1, 0.15) is 5.01 Å². The largest absolute Gasteiger partial charge is 0.356 e. The molecule has 1 aliphatic rings. The van der Waals surface area contributed by atoms with Gasteiger partial charge in [-0.2, -0.15) is 0 Å². The van der Waals surface area contributed by atoms with Crippen LogP contribution >= 0.6 is 22.9 Å². The van der Waals surface area contributed by atoms with Crippen molar-refractivity contribution in [3.8, 4) is 10.6 Å². The van der Waals surface area contributed by atoms with Crippen LogP contribution in [0.5, 0.6) is 0 Å². The summed E-state index contributed by atoms with van der Waals surface area (Å²) in [4.78, 5) is 17.5. The van der Waals surface area contributed by atoms with Crippen molar-refractivity contribution >= 4 is 28.8 Å². The highest BCUT2D eigenvalue weighted by Crippen LogP contribution is 2.30. The van der Waals surface area contributed by atoms with E-state index in [2.05, 4.69) is 10.3 Å². The van der Waals surface area contributed by atoms with Gasteiger partial charge in [0, 0.05) is 34.3 Å². The number of thiazole rings is 1. The number of halogens is 1. The molecule has 0 bridgehead atoms. The van der Waals surface area contributed by atoms with Crippen molar-refractivity contribution < 1.29 is 4.79 Å². The molecule has 1 saturated carbocycles. The quantitative estimate of drug-likeness (QED) is 0.909. The Kier molecular flexibility index (Phi) is 4.27. The molecule has 1 fully saturated rings. The summed E-state index contributed by atoms with van der Waals surface area (Å²) in [6.07, 6.45) is 2.94. The minimum Gasteiger partial charge on any atom is -0.356 e. The predicted molar refractivity (Wildman–Crippen MR) is 86.7 cm³/mol. The molecule has 2 aromatic rings. The third-order valence-electron chi connectivity index (χ3n) is 3.58. The molecule has 5 heteroatoms. The Morgan fingerprint density at radius 3 is 2.76 bits per heavy atom. The zero-order valence-electron chi connectivity index (χ0n) is 11.9. The number of nitrogens with zero attached hydrogens (tertiary/aromatic N) is 1. The van der Waals surface area contributed by atoms with Crippen LogP contribution in [0.2, 0.25) is 5.02 Å². The molecule has 0 spiro atoms. The van der Waals surface area contributed by atoms with E-state index >= 15 is 0 Å². The highest BCUT2D eigenvalue weighted by Gasteiger charge is 2.29. The number of hydrogen-bond donors (Lipinski definition) is 1. The number of hydrogen-bond acceptors (Lipinski definition) is 3. The zero-order valence-corrected chi connectivity index (χ0v) is 13.4. The van der Waals surface area contributed by atoms with Crippen molar-refractivity contribution in [2.45, 2.75) is 26.2 Å². The van der Waals surface area contributed by atoms with Gasteiger partial charge in [-0.1, -0.05) is 23.7 Å². The van der Waals surface area contributed by atoms with Gasteiger partial charge in [-0.25, -0.2) is 4.98 Å². The van der Waals surface area contributed by atoms with Crippen LogP contribution in [0.25, 0.3) is 10.6 Å². The Labute approximate surface area is 133 Å². The number of aromatic nitrogens is 1. The van der Waals surface area contributed by atoms with Gasteiger partial charge in [0.2, 0.25) is 5.91 Å². The summed E-state index contributed by atoms with van der Waals surface area (Å²) >= 11 is 7.60. The second-order valence-electron chi connectivity index (χ2n) is 5.35. The normalized spacial score (nSPS) is 14.2. The lowest BCUT2D eigenvalue weighted by Crippen LogP contribution is -2.26. The van der Waals surface area contributed by atoms with Gasteiger partial charge in [0.25, 0.3) is 0 Å². The van der Waals surface area contributed by atoms with Crippen molar-refractivity contribution in [1.29, 1.82) is 0 Å². The number of nitrogens with one attached hydrogen (secondary N) is 1. The van der Waals surface area contributed by atoms with E-state index in [9.17, 15) is 4.79 Å². The molecule has 3 rings (SSSR count). The Morgan fingerprint density at radius 2 is 2.10 bits per heavy atom. The van der Waals surface area contributed by atoms with E-state index in [1.165, 1.54) is 4.88 Å². The van der Waals surface area contributed by atoms with Crippen molar-refractivity contribution in [2.75, 3.05) is 6.54 Å². The highest BCUT2D eigenvalue weighted by molar-refractivity contribution is 7.15. The number of amides is 1. The molecule has 21 heavy (non-hydrogen) atoms. The maximum Gasteiger partial charge on any atom is 0.223 e. The SMILES string of the molecule is Cc1nc(-c2ccc(Cl)cc2)sc1CCNC(=O)C1CC1. The van der Waals surface area contributed by atoms with Crippen LogP contribution in [0, 0.1) is 12.8 Å². The molecule has 1 aromatic heterocycles. The van der Waals surface area contributed by atoms with Crippen molar-refractivity contribution in [3.05, 3.63) is 39.9 Å². The number of carbonyl (C=O) groups is 1. The first-order chi connectivity index (χ1) is 10.1. The van der Waals surface area contributed by atoms with Crippen molar-refractivity contribution in [1.82, 2.24) is 10.3 Å². The van der Waals surface area contributed by atoms with Crippen LogP contribution in [0.15, 0.2) is 24.3 Å². The fourth-order valence-electron chi connectivity index (χ4n) is 2.17. The molecule has 1 amide bonds. The Bertz CT molecular complexity index is 647. The second-order valence-corrected chi connectivity index (χ2v) is 6.87. The predicted octanol–water partition coefficient (Wildman–Crippen LogP) is 3.84. The lowest BCUT2D eigenvalue weighted by Gasteiger charge is -2.02. The summed E-state index contributed by atoms with van der Waals surface area (Å²) in [5, 5.41) is 4.74. The molecule has 1 heterocycles. The molecular weight excluding hydrogens is 304 g/mol. The summed E-state index contributed by atoms with van der Waals surface area (Å²) in [6, 6.07) is 7.73. The molecular formula is C16H17ClN2OS. The van der Waals surface area contributed by atoms with Crippen LogP contribution in [-0.4, -0.2) is 17.4 Å². The fraction of sp³-hybridized carbons (Fsp3) is 0.375. The van der Waals surface area contributed by atoms with Crippen LogP contribution in [0.4, 0.5) is 0 Å². The van der Waals surface area contributed by atoms with Crippen molar-refractivity contribution in [3.63, 3.8) is 0 Å². The average Bonchev–Trinajstić information content (AvgIpc) is 3.25. The van der Waals surface area contributed by atoms with Crippen molar-refractivity contribution in [2.24, 2.45) is 5.92 Å². The van der Waals surface area contributed by atoms with E-state index in [4.69, 9.17) is 11.6 Å². The van der Waals surface area contributed by atoms with Gasteiger partial charge in [0.05, 0.1) is 5.69 Å². The van der Waals surface area contributed by atoms with E-state index < -0.39 is 0 Å². The first-order valence-electron chi connectivity index (χ1n) is 7.13. The number of benzene rings is 1. The molecule has 0 unspecified atom stereocenters. The van der Waals surface area contributed by atoms with E-state index in [0.717, 1.165) is 40.6 Å². The molecule has 1 aliphatic carbocycles. The van der Waals surface area contributed by atoms with Gasteiger partial charge in [0.15, 0.2) is 0 Å². The third kappa shape index (κ3) is 3.63. The summed E-state index contributed by atoms with van der Waals surface area (Å²) in [7, 11) is 0. The number of aryl methyl sites for hydroxylation is 1. The van der Waals surface area contributed by atoms with Crippen LogP contribution in [0.1, 0.15) is 23.4 Å². The van der Waals surface area contributed by atoms with Crippen LogP contribution in [0.3, 0.4) is 0 Å². The topological polar surface area (TPSA) is 42.0 Å².